The number of carbonyl (C=O) groups is 7. The molecule has 1 saturated carbocycles. The molecule has 0 saturated heterocycles. The summed E-state index contributed by atoms with van der Waals surface area (Å²) in [7, 11) is 4.99. The number of anilines is 2. The summed E-state index contributed by atoms with van der Waals surface area (Å²) < 4.78 is 10.7. The van der Waals surface area contributed by atoms with Crippen LogP contribution in [-0.2, 0) is 41.7 Å². The Morgan fingerprint density at radius 2 is 1.50 bits per heavy atom. The molecule has 8 amide bonds. The number of carbonyl (C=O) groups excluding carboxylic acids is 7. The number of nitrogens with zero attached hydrogens (tertiary/aromatic N) is 2. The standard InChI is InChI=1S/C40H59N9O9/c1-25(2)33(34(52)44-22-31(50)42-6)48(7)20-18-26-11-15-30(16-12-26)49(8)38(56)57-24-27-9-13-29(14-10-27)46-35(53)40(21-28(40)17-19-43-36(41)54)47-32(51)23-45-37(55)58-39(3,4)5/h9-16,25,28,33H,17-24H2,1-8H3,(H,42,50)(H,44,52)(H,45,55)(H,46,53)(H,47,51)(H3,41,43,54)/t28-,33-,40+/m0/s1. The number of benzene rings is 2. The second-order valence-corrected chi connectivity index (χ2v) is 15.6. The van der Waals surface area contributed by atoms with Crippen LogP contribution in [0.2, 0.25) is 0 Å². The number of likely N-dealkylation sites (N-methyl/N-ethyl adjacent to an activating group) is 2. The van der Waals surface area contributed by atoms with Crippen molar-refractivity contribution in [3.63, 3.8) is 0 Å². The molecule has 3 rings (SSSR count). The van der Waals surface area contributed by atoms with Gasteiger partial charge in [-0.3, -0.25) is 29.0 Å². The average molecular weight is 810 g/mol. The summed E-state index contributed by atoms with van der Waals surface area (Å²) in [4.78, 5) is 90.2. The third-order valence-electron chi connectivity index (χ3n) is 9.46. The monoisotopic (exact) mass is 809 g/mol. The van der Waals surface area contributed by atoms with Crippen molar-refractivity contribution in [3.05, 3.63) is 59.7 Å². The first-order valence-corrected chi connectivity index (χ1v) is 19.1. The molecule has 0 unspecified atom stereocenters. The van der Waals surface area contributed by atoms with E-state index in [1.807, 2.05) is 50.1 Å². The molecule has 8 N–H and O–H groups in total. The lowest BCUT2D eigenvalue weighted by Gasteiger charge is -2.30. The molecule has 0 radical (unpaired) electrons. The van der Waals surface area contributed by atoms with E-state index < -0.39 is 53.8 Å². The van der Waals surface area contributed by atoms with E-state index in [4.69, 9.17) is 15.2 Å². The minimum Gasteiger partial charge on any atom is -0.444 e. The van der Waals surface area contributed by atoms with E-state index in [-0.39, 0.29) is 43.3 Å². The number of ether oxygens (including phenoxy) is 2. The number of hydrogen-bond acceptors (Lipinski definition) is 10. The van der Waals surface area contributed by atoms with Gasteiger partial charge in [0.25, 0.3) is 0 Å². The molecule has 1 fully saturated rings. The van der Waals surface area contributed by atoms with Crippen molar-refractivity contribution in [2.75, 3.05) is 57.5 Å². The quantitative estimate of drug-likeness (QED) is 0.109. The minimum atomic E-state index is -1.27. The van der Waals surface area contributed by atoms with Crippen molar-refractivity contribution < 1.29 is 43.0 Å². The summed E-state index contributed by atoms with van der Waals surface area (Å²) in [6, 6.07) is 13.0. The molecule has 2 aromatic carbocycles. The molecule has 0 bridgehead atoms. The van der Waals surface area contributed by atoms with Gasteiger partial charge in [0, 0.05) is 38.6 Å². The van der Waals surface area contributed by atoms with Gasteiger partial charge in [-0.15, -0.1) is 0 Å². The predicted molar refractivity (Wildman–Crippen MR) is 218 cm³/mol. The minimum absolute atomic E-state index is 0.0262. The summed E-state index contributed by atoms with van der Waals surface area (Å²) in [5, 5.41) is 15.6. The van der Waals surface area contributed by atoms with Gasteiger partial charge >= 0.3 is 18.2 Å². The van der Waals surface area contributed by atoms with Crippen molar-refractivity contribution in [2.24, 2.45) is 17.6 Å². The van der Waals surface area contributed by atoms with Crippen molar-refractivity contribution in [1.82, 2.24) is 31.5 Å². The van der Waals surface area contributed by atoms with Crippen LogP contribution in [0, 0.1) is 11.8 Å². The van der Waals surface area contributed by atoms with Crippen LogP contribution >= 0.6 is 0 Å². The van der Waals surface area contributed by atoms with E-state index in [1.165, 1.54) is 11.9 Å². The van der Waals surface area contributed by atoms with Crippen molar-refractivity contribution in [2.45, 2.75) is 77.7 Å². The first-order valence-electron chi connectivity index (χ1n) is 19.1. The Balaban J connectivity index is 1.52. The number of urea groups is 1. The molecule has 0 spiro atoms. The topological polar surface area (TPSA) is 243 Å². The molecule has 1 aliphatic carbocycles. The lowest BCUT2D eigenvalue weighted by Crippen LogP contribution is -2.51. The number of amides is 8. The Kier molecular flexibility index (Phi) is 16.8. The van der Waals surface area contributed by atoms with E-state index in [0.29, 0.717) is 42.7 Å². The lowest BCUT2D eigenvalue weighted by atomic mass is 10.0. The first-order chi connectivity index (χ1) is 27.2. The number of rotatable bonds is 19. The maximum absolute atomic E-state index is 13.5. The van der Waals surface area contributed by atoms with Crippen LogP contribution in [0.3, 0.4) is 0 Å². The number of alkyl carbamates (subject to hydrolysis) is 1. The van der Waals surface area contributed by atoms with E-state index in [1.54, 1.807) is 52.1 Å². The molecule has 0 aliphatic heterocycles. The maximum Gasteiger partial charge on any atom is 0.414 e. The van der Waals surface area contributed by atoms with Crippen LogP contribution in [0.15, 0.2) is 48.5 Å². The largest absolute Gasteiger partial charge is 0.444 e. The van der Waals surface area contributed by atoms with Crippen LogP contribution < -0.4 is 42.5 Å². The fourth-order valence-electron chi connectivity index (χ4n) is 6.27. The zero-order valence-electron chi connectivity index (χ0n) is 34.7. The third-order valence-corrected chi connectivity index (χ3v) is 9.46. The van der Waals surface area contributed by atoms with Gasteiger partial charge in [0.2, 0.25) is 23.6 Å². The second kappa shape index (κ2) is 21.0. The van der Waals surface area contributed by atoms with Gasteiger partial charge < -0.3 is 47.1 Å². The Morgan fingerprint density at radius 1 is 0.879 bits per heavy atom. The molecule has 1 aliphatic rings. The zero-order chi connectivity index (χ0) is 43.2. The van der Waals surface area contributed by atoms with E-state index in [0.717, 1.165) is 5.56 Å². The van der Waals surface area contributed by atoms with Crippen LogP contribution in [0.25, 0.3) is 0 Å². The van der Waals surface area contributed by atoms with Gasteiger partial charge in [0.15, 0.2) is 0 Å². The van der Waals surface area contributed by atoms with Crippen molar-refractivity contribution in [1.29, 1.82) is 0 Å². The van der Waals surface area contributed by atoms with E-state index in [9.17, 15) is 33.6 Å². The Bertz CT molecular complexity index is 1760. The van der Waals surface area contributed by atoms with Crippen LogP contribution in [-0.4, -0.2) is 111 Å². The number of nitrogens with two attached hydrogens (primary N) is 1. The van der Waals surface area contributed by atoms with E-state index >= 15 is 0 Å². The predicted octanol–water partition coefficient (Wildman–Crippen LogP) is 2.22. The third kappa shape index (κ3) is 14.5. The molecular formula is C40H59N9O9. The molecule has 0 aromatic heterocycles. The van der Waals surface area contributed by atoms with Crippen molar-refractivity contribution in [3.8, 4) is 0 Å². The van der Waals surface area contributed by atoms with Gasteiger partial charge in [-0.2, -0.15) is 0 Å². The summed E-state index contributed by atoms with van der Waals surface area (Å²) in [6.45, 7) is 9.27. The highest BCUT2D eigenvalue weighted by atomic mass is 16.6. The molecule has 58 heavy (non-hydrogen) atoms. The Morgan fingerprint density at radius 3 is 2.09 bits per heavy atom. The normalized spacial score (nSPS) is 16.3. The van der Waals surface area contributed by atoms with Crippen LogP contribution in [0.1, 0.15) is 58.6 Å². The summed E-state index contributed by atoms with van der Waals surface area (Å²) in [5.41, 5.74) is 5.89. The molecular weight excluding hydrogens is 750 g/mol. The summed E-state index contributed by atoms with van der Waals surface area (Å²) in [5.74, 6) is -1.81. The van der Waals surface area contributed by atoms with Gasteiger partial charge in [-0.1, -0.05) is 38.1 Å². The maximum atomic E-state index is 13.5. The second-order valence-electron chi connectivity index (χ2n) is 15.6. The fourth-order valence-corrected chi connectivity index (χ4v) is 6.27. The average Bonchev–Trinajstić information content (AvgIpc) is 3.86. The Hall–Kier alpha value is -5.91. The fraction of sp³-hybridized carbons (Fsp3) is 0.525. The van der Waals surface area contributed by atoms with Crippen LogP contribution in [0.4, 0.5) is 25.8 Å². The number of nitrogens with one attached hydrogen (secondary N) is 6. The van der Waals surface area contributed by atoms with Crippen LogP contribution in [0.5, 0.6) is 0 Å². The SMILES string of the molecule is CNC(=O)CNC(=O)[C@H](C(C)C)N(C)CCc1ccc(N(C)C(=O)OCc2ccc(NC(=O)[C@@]3(NC(=O)CNC(=O)OC(C)(C)C)C[C@@H]3CCNC(N)=O)cc2)cc1. The summed E-state index contributed by atoms with van der Waals surface area (Å²) >= 11 is 0. The smallest absolute Gasteiger partial charge is 0.414 e. The lowest BCUT2D eigenvalue weighted by molar-refractivity contribution is -0.130. The highest BCUT2D eigenvalue weighted by Crippen LogP contribution is 2.46. The zero-order valence-corrected chi connectivity index (χ0v) is 34.7. The molecule has 318 valence electrons. The number of hydrogen-bond donors (Lipinski definition) is 7. The molecule has 18 heteroatoms. The van der Waals surface area contributed by atoms with Gasteiger partial charge in [-0.05, 0) is 94.3 Å². The van der Waals surface area contributed by atoms with Gasteiger partial charge in [-0.25, -0.2) is 14.4 Å². The van der Waals surface area contributed by atoms with Gasteiger partial charge in [0.05, 0.1) is 12.6 Å². The molecule has 2 aromatic rings. The Labute approximate surface area is 339 Å². The van der Waals surface area contributed by atoms with Gasteiger partial charge in [0.1, 0.15) is 24.3 Å². The molecule has 0 heterocycles. The highest BCUT2D eigenvalue weighted by molar-refractivity contribution is 6.03. The first kappa shape index (κ1) is 46.5. The summed E-state index contributed by atoms with van der Waals surface area (Å²) in [6.07, 6.45) is -0.00722. The van der Waals surface area contributed by atoms with Crippen molar-refractivity contribution >= 4 is 53.2 Å². The number of primary amides is 1. The molecule has 18 nitrogen and oxygen atoms in total. The molecule has 3 atom stereocenters. The highest BCUT2D eigenvalue weighted by Gasteiger charge is 2.60. The van der Waals surface area contributed by atoms with E-state index in [2.05, 4.69) is 31.9 Å².